The number of para-hydroxylation sites is 1. The van der Waals surface area contributed by atoms with Gasteiger partial charge in [-0.1, -0.05) is 30.3 Å². The first kappa shape index (κ1) is 18.8. The summed E-state index contributed by atoms with van der Waals surface area (Å²) in [5.41, 5.74) is 2.96. The number of amides is 1. The number of Topliss-reactive ketones (excluding diaryl/α,β-unsaturated/α-hetero) is 1. The molecule has 6 heteroatoms. The number of hydrogen-bond donors (Lipinski definition) is 2. The van der Waals surface area contributed by atoms with Gasteiger partial charge in [-0.3, -0.25) is 9.59 Å². The van der Waals surface area contributed by atoms with Gasteiger partial charge in [0.05, 0.1) is 18.7 Å². The third-order valence-corrected chi connectivity index (χ3v) is 5.39. The highest BCUT2D eigenvalue weighted by atomic mass is 16.5. The number of aliphatic hydroxyl groups is 1. The van der Waals surface area contributed by atoms with E-state index >= 15 is 0 Å². The number of aromatic nitrogens is 1. The van der Waals surface area contributed by atoms with Gasteiger partial charge < -0.3 is 19.7 Å². The van der Waals surface area contributed by atoms with Gasteiger partial charge in [0.2, 0.25) is 0 Å². The molecule has 2 aromatic carbocycles. The zero-order chi connectivity index (χ0) is 20.5. The van der Waals surface area contributed by atoms with Crippen molar-refractivity contribution in [2.75, 3.05) is 13.7 Å². The molecule has 0 saturated carbocycles. The SMILES string of the molecule is COc1cccc([C@@H]2C(C(C)=O)=C(O)C(=O)N2CCc2c[nH]c3ccccc23)c1. The first-order valence-electron chi connectivity index (χ1n) is 9.45. The van der Waals surface area contributed by atoms with Crippen LogP contribution in [0.15, 0.2) is 66.1 Å². The maximum Gasteiger partial charge on any atom is 0.290 e. The molecule has 1 atom stereocenters. The van der Waals surface area contributed by atoms with E-state index < -0.39 is 17.7 Å². The fraction of sp³-hybridized carbons (Fsp3) is 0.217. The van der Waals surface area contributed by atoms with Gasteiger partial charge in [0.25, 0.3) is 5.91 Å². The molecule has 0 unspecified atom stereocenters. The summed E-state index contributed by atoms with van der Waals surface area (Å²) in [5, 5.41) is 11.5. The Balaban J connectivity index is 1.68. The second-order valence-corrected chi connectivity index (χ2v) is 7.11. The number of ketones is 1. The molecule has 148 valence electrons. The lowest BCUT2D eigenvalue weighted by molar-refractivity contribution is -0.129. The van der Waals surface area contributed by atoms with Crippen molar-refractivity contribution < 1.29 is 19.4 Å². The van der Waals surface area contributed by atoms with Gasteiger partial charge in [-0.25, -0.2) is 0 Å². The fourth-order valence-electron chi connectivity index (χ4n) is 3.98. The van der Waals surface area contributed by atoms with Crippen LogP contribution in [0.4, 0.5) is 0 Å². The van der Waals surface area contributed by atoms with E-state index in [-0.39, 0.29) is 11.4 Å². The number of H-pyrrole nitrogens is 1. The van der Waals surface area contributed by atoms with Gasteiger partial charge in [-0.2, -0.15) is 0 Å². The first-order chi connectivity index (χ1) is 14.0. The summed E-state index contributed by atoms with van der Waals surface area (Å²) >= 11 is 0. The molecule has 3 aromatic rings. The fourth-order valence-corrected chi connectivity index (χ4v) is 3.98. The second kappa shape index (κ2) is 7.47. The van der Waals surface area contributed by atoms with Crippen LogP contribution in [-0.4, -0.2) is 40.3 Å². The van der Waals surface area contributed by atoms with Crippen LogP contribution in [-0.2, 0) is 16.0 Å². The van der Waals surface area contributed by atoms with Gasteiger partial charge in [-0.15, -0.1) is 0 Å². The highest BCUT2D eigenvalue weighted by Crippen LogP contribution is 2.38. The van der Waals surface area contributed by atoms with Crippen LogP contribution >= 0.6 is 0 Å². The van der Waals surface area contributed by atoms with E-state index in [0.29, 0.717) is 18.7 Å². The molecule has 1 amide bonds. The van der Waals surface area contributed by atoms with Gasteiger partial charge in [0.1, 0.15) is 5.75 Å². The second-order valence-electron chi connectivity index (χ2n) is 7.11. The first-order valence-corrected chi connectivity index (χ1v) is 9.45. The smallest absolute Gasteiger partial charge is 0.290 e. The average molecular weight is 390 g/mol. The van der Waals surface area contributed by atoms with Gasteiger partial charge in [0.15, 0.2) is 11.5 Å². The lowest BCUT2D eigenvalue weighted by Crippen LogP contribution is -2.32. The number of carbonyl (C=O) groups excluding carboxylic acids is 2. The van der Waals surface area contributed by atoms with Crippen LogP contribution in [0.3, 0.4) is 0 Å². The van der Waals surface area contributed by atoms with Gasteiger partial charge in [0, 0.05) is 23.6 Å². The maximum absolute atomic E-state index is 12.8. The predicted octanol–water partition coefficient (Wildman–Crippen LogP) is 3.70. The van der Waals surface area contributed by atoms with Gasteiger partial charge >= 0.3 is 0 Å². The Bertz CT molecular complexity index is 1130. The van der Waals surface area contributed by atoms with E-state index in [1.165, 1.54) is 6.92 Å². The van der Waals surface area contributed by atoms with E-state index in [9.17, 15) is 14.7 Å². The molecule has 0 radical (unpaired) electrons. The maximum atomic E-state index is 12.8. The van der Waals surface area contributed by atoms with Crippen LogP contribution in [0.5, 0.6) is 5.75 Å². The Kier molecular flexibility index (Phi) is 4.84. The Labute approximate surface area is 168 Å². The van der Waals surface area contributed by atoms with Crippen LogP contribution < -0.4 is 4.74 Å². The van der Waals surface area contributed by atoms with E-state index in [4.69, 9.17) is 4.74 Å². The summed E-state index contributed by atoms with van der Waals surface area (Å²) in [7, 11) is 1.56. The van der Waals surface area contributed by atoms with E-state index in [1.807, 2.05) is 42.6 Å². The molecular weight excluding hydrogens is 368 g/mol. The number of methoxy groups -OCH3 is 1. The number of nitrogens with one attached hydrogen (secondary N) is 1. The van der Waals surface area contributed by atoms with Crippen LogP contribution in [0.1, 0.15) is 24.1 Å². The largest absolute Gasteiger partial charge is 0.503 e. The van der Waals surface area contributed by atoms with Crippen molar-refractivity contribution >= 4 is 22.6 Å². The lowest BCUT2D eigenvalue weighted by Gasteiger charge is -2.26. The molecule has 1 aliphatic heterocycles. The van der Waals surface area contributed by atoms with E-state index in [0.717, 1.165) is 22.0 Å². The number of benzene rings is 2. The van der Waals surface area contributed by atoms with Crippen molar-refractivity contribution in [1.82, 2.24) is 9.88 Å². The third kappa shape index (κ3) is 3.27. The van der Waals surface area contributed by atoms with Crippen molar-refractivity contribution in [2.45, 2.75) is 19.4 Å². The summed E-state index contributed by atoms with van der Waals surface area (Å²) in [6.07, 6.45) is 2.53. The molecule has 1 aliphatic rings. The Morgan fingerprint density at radius 3 is 2.76 bits per heavy atom. The third-order valence-electron chi connectivity index (χ3n) is 5.39. The van der Waals surface area contributed by atoms with Crippen molar-refractivity contribution in [3.05, 3.63) is 77.2 Å². The van der Waals surface area contributed by atoms with Crippen LogP contribution in [0.2, 0.25) is 0 Å². The predicted molar refractivity (Wildman–Crippen MR) is 110 cm³/mol. The summed E-state index contributed by atoms with van der Waals surface area (Å²) in [6, 6.07) is 14.6. The minimum absolute atomic E-state index is 0.127. The number of aromatic amines is 1. The average Bonchev–Trinajstić information content (AvgIpc) is 3.25. The standard InChI is InChI=1S/C23H22N2O4/c1-14(26)20-21(15-6-5-7-17(12-15)29-2)25(23(28)22(20)27)11-10-16-13-24-19-9-4-3-8-18(16)19/h3-9,12-13,21,24,27H,10-11H2,1-2H3/t21-/m1/s1. The minimum Gasteiger partial charge on any atom is -0.503 e. The molecule has 6 nitrogen and oxygen atoms in total. The van der Waals surface area contributed by atoms with Crippen molar-refractivity contribution in [2.24, 2.45) is 0 Å². The quantitative estimate of drug-likeness (QED) is 0.672. The summed E-state index contributed by atoms with van der Waals surface area (Å²) in [4.78, 5) is 29.9. The van der Waals surface area contributed by atoms with E-state index in [2.05, 4.69) is 4.98 Å². The molecule has 0 bridgehead atoms. The van der Waals surface area contributed by atoms with Gasteiger partial charge in [-0.05, 0) is 42.7 Å². The number of ether oxygens (including phenoxy) is 1. The van der Waals surface area contributed by atoms with Crippen LogP contribution in [0, 0.1) is 0 Å². The van der Waals surface area contributed by atoms with Crippen molar-refractivity contribution in [3.8, 4) is 5.75 Å². The normalized spacial score (nSPS) is 16.7. The molecule has 29 heavy (non-hydrogen) atoms. The van der Waals surface area contributed by atoms with E-state index in [1.54, 1.807) is 24.1 Å². The molecule has 0 fully saturated rings. The highest BCUT2D eigenvalue weighted by Gasteiger charge is 2.42. The Hall–Kier alpha value is -3.54. The molecule has 0 saturated heterocycles. The zero-order valence-electron chi connectivity index (χ0n) is 16.3. The summed E-state index contributed by atoms with van der Waals surface area (Å²) in [5.74, 6) is -0.689. The molecule has 1 aromatic heterocycles. The summed E-state index contributed by atoms with van der Waals surface area (Å²) < 4.78 is 5.30. The number of rotatable bonds is 6. The Morgan fingerprint density at radius 1 is 1.21 bits per heavy atom. The number of hydrogen-bond acceptors (Lipinski definition) is 4. The Morgan fingerprint density at radius 2 is 2.00 bits per heavy atom. The van der Waals surface area contributed by atoms with Crippen molar-refractivity contribution in [3.63, 3.8) is 0 Å². The molecule has 2 N–H and O–H groups in total. The topological polar surface area (TPSA) is 82.6 Å². The highest BCUT2D eigenvalue weighted by molar-refractivity contribution is 6.08. The summed E-state index contributed by atoms with van der Waals surface area (Å²) in [6.45, 7) is 1.73. The lowest BCUT2D eigenvalue weighted by atomic mass is 9.96. The molecule has 0 spiro atoms. The monoisotopic (exact) mass is 390 g/mol. The molecule has 4 rings (SSSR count). The number of nitrogens with zero attached hydrogens (tertiary/aromatic N) is 1. The van der Waals surface area contributed by atoms with Crippen LogP contribution in [0.25, 0.3) is 10.9 Å². The zero-order valence-corrected chi connectivity index (χ0v) is 16.3. The number of carbonyl (C=O) groups is 2. The molecule has 2 heterocycles. The number of fused-ring (bicyclic) bond motifs is 1. The van der Waals surface area contributed by atoms with Crippen molar-refractivity contribution in [1.29, 1.82) is 0 Å². The number of aliphatic hydroxyl groups excluding tert-OH is 1. The molecule has 0 aliphatic carbocycles. The minimum atomic E-state index is -0.639. The molecular formula is C23H22N2O4.